The molecule has 0 saturated carbocycles. The van der Waals surface area contributed by atoms with Gasteiger partial charge in [0.2, 0.25) is 5.91 Å². The van der Waals surface area contributed by atoms with Crippen LogP contribution in [0, 0.1) is 0 Å². The molecule has 0 aromatic carbocycles. The van der Waals surface area contributed by atoms with Crippen molar-refractivity contribution in [2.75, 3.05) is 5.75 Å². The molecule has 18 heavy (non-hydrogen) atoms. The molecule has 2 heterocycles. The lowest BCUT2D eigenvalue weighted by atomic mass is 9.98. The summed E-state index contributed by atoms with van der Waals surface area (Å²) in [7, 11) is 1.84. The fraction of sp³-hybridized carbons (Fsp3) is 0.750. The number of carbonyl (C=O) groups is 1. The summed E-state index contributed by atoms with van der Waals surface area (Å²) < 4.78 is 1.70. The first kappa shape index (κ1) is 13.4. The Morgan fingerprint density at radius 1 is 1.44 bits per heavy atom. The summed E-state index contributed by atoms with van der Waals surface area (Å²) in [5.41, 5.74) is 0. The van der Waals surface area contributed by atoms with Crippen molar-refractivity contribution in [3.05, 3.63) is 6.33 Å². The average molecular weight is 268 g/mol. The van der Waals surface area contributed by atoms with Gasteiger partial charge in [-0.1, -0.05) is 11.8 Å². The molecule has 1 fully saturated rings. The van der Waals surface area contributed by atoms with Crippen molar-refractivity contribution in [1.82, 2.24) is 19.7 Å². The molecular weight excluding hydrogens is 248 g/mol. The molecule has 1 amide bonds. The highest BCUT2D eigenvalue weighted by Gasteiger charge is 2.28. The van der Waals surface area contributed by atoms with E-state index in [1.165, 1.54) is 24.5 Å². The molecule has 6 heteroatoms. The first-order chi connectivity index (χ1) is 8.59. The lowest BCUT2D eigenvalue weighted by molar-refractivity contribution is -0.134. The normalized spacial score (nSPS) is 24.3. The summed E-state index contributed by atoms with van der Waals surface area (Å²) in [6.45, 7) is 4.28. The van der Waals surface area contributed by atoms with Crippen molar-refractivity contribution in [2.45, 2.75) is 50.4 Å². The van der Waals surface area contributed by atoms with Gasteiger partial charge in [-0.05, 0) is 33.1 Å². The third-order valence-corrected chi connectivity index (χ3v) is 4.50. The Balaban J connectivity index is 1.93. The fourth-order valence-electron chi connectivity index (χ4n) is 2.53. The largest absolute Gasteiger partial charge is 0.337 e. The summed E-state index contributed by atoms with van der Waals surface area (Å²) >= 11 is 1.46. The van der Waals surface area contributed by atoms with Gasteiger partial charge in [0, 0.05) is 19.1 Å². The topological polar surface area (TPSA) is 51.0 Å². The zero-order valence-electron chi connectivity index (χ0n) is 11.2. The first-order valence-electron chi connectivity index (χ1n) is 6.37. The number of hydrogen-bond donors (Lipinski definition) is 0. The maximum Gasteiger partial charge on any atom is 0.233 e. The Bertz CT molecular complexity index is 410. The molecule has 1 aromatic rings. The van der Waals surface area contributed by atoms with E-state index in [2.05, 4.69) is 23.9 Å². The number of amides is 1. The number of carbonyl (C=O) groups excluding carboxylic acids is 1. The van der Waals surface area contributed by atoms with E-state index in [-0.39, 0.29) is 5.91 Å². The summed E-state index contributed by atoms with van der Waals surface area (Å²) in [6, 6.07) is 0.725. The summed E-state index contributed by atoms with van der Waals surface area (Å²) in [6.07, 6.45) is 4.97. The van der Waals surface area contributed by atoms with Gasteiger partial charge in [-0.15, -0.1) is 0 Å². The molecule has 0 spiro atoms. The molecule has 2 atom stereocenters. The third kappa shape index (κ3) is 2.85. The van der Waals surface area contributed by atoms with Crippen LogP contribution in [-0.2, 0) is 11.8 Å². The minimum absolute atomic E-state index is 0.211. The molecule has 0 bridgehead atoms. The summed E-state index contributed by atoms with van der Waals surface area (Å²) in [5, 5.41) is 4.79. The molecule has 0 unspecified atom stereocenters. The maximum absolute atomic E-state index is 12.3. The Kier molecular flexibility index (Phi) is 4.27. The third-order valence-electron chi connectivity index (χ3n) is 3.48. The second-order valence-corrected chi connectivity index (χ2v) is 5.83. The van der Waals surface area contributed by atoms with Crippen LogP contribution in [0.4, 0.5) is 0 Å². The number of aryl methyl sites for hydroxylation is 1. The molecule has 1 aliphatic rings. The van der Waals surface area contributed by atoms with E-state index < -0.39 is 0 Å². The van der Waals surface area contributed by atoms with Gasteiger partial charge in [-0.2, -0.15) is 5.10 Å². The van der Waals surface area contributed by atoms with Crippen LogP contribution >= 0.6 is 11.8 Å². The fourth-order valence-corrected chi connectivity index (χ4v) is 3.29. The van der Waals surface area contributed by atoms with Gasteiger partial charge in [-0.3, -0.25) is 4.79 Å². The standard InChI is InChI=1S/C12H20N4OS/c1-9-5-4-6-10(2)16(9)11(17)7-18-12-13-8-14-15(12)3/h8-10H,4-7H2,1-3H3/t9-,10+. The smallest absolute Gasteiger partial charge is 0.233 e. The molecule has 0 N–H and O–H groups in total. The van der Waals surface area contributed by atoms with Crippen LogP contribution in [0.25, 0.3) is 0 Å². The SMILES string of the molecule is C[C@@H]1CCC[C@H](C)N1C(=O)CSc1ncnn1C. The molecule has 5 nitrogen and oxygen atoms in total. The predicted octanol–water partition coefficient (Wildman–Crippen LogP) is 1.70. The lowest BCUT2D eigenvalue weighted by Gasteiger charge is -2.39. The van der Waals surface area contributed by atoms with E-state index in [0.717, 1.165) is 18.0 Å². The molecule has 1 aliphatic heterocycles. The van der Waals surface area contributed by atoms with Crippen molar-refractivity contribution < 1.29 is 4.79 Å². The Morgan fingerprint density at radius 3 is 2.67 bits per heavy atom. The summed E-state index contributed by atoms with van der Waals surface area (Å²) in [4.78, 5) is 18.4. The summed E-state index contributed by atoms with van der Waals surface area (Å²) in [5.74, 6) is 0.656. The van der Waals surface area contributed by atoms with Crippen molar-refractivity contribution in [3.8, 4) is 0 Å². The number of aromatic nitrogens is 3. The van der Waals surface area contributed by atoms with Gasteiger partial charge in [0.25, 0.3) is 0 Å². The van der Waals surface area contributed by atoms with Crippen LogP contribution in [0.3, 0.4) is 0 Å². The van der Waals surface area contributed by atoms with Crippen LogP contribution in [0.2, 0.25) is 0 Å². The molecule has 0 aliphatic carbocycles. The Morgan fingerprint density at radius 2 is 2.11 bits per heavy atom. The molecule has 100 valence electrons. The molecule has 0 radical (unpaired) electrons. The highest BCUT2D eigenvalue weighted by Crippen LogP contribution is 2.24. The number of piperidine rings is 1. The van der Waals surface area contributed by atoms with Crippen LogP contribution in [0.1, 0.15) is 33.1 Å². The molecule has 1 aromatic heterocycles. The van der Waals surface area contributed by atoms with E-state index in [4.69, 9.17) is 0 Å². The van der Waals surface area contributed by atoms with E-state index in [1.54, 1.807) is 4.68 Å². The second-order valence-electron chi connectivity index (χ2n) is 4.88. The Hall–Kier alpha value is -1.04. The Labute approximate surface area is 112 Å². The minimum atomic E-state index is 0.211. The highest BCUT2D eigenvalue weighted by molar-refractivity contribution is 7.99. The van der Waals surface area contributed by atoms with Crippen molar-refractivity contribution in [3.63, 3.8) is 0 Å². The van der Waals surface area contributed by atoms with Crippen LogP contribution < -0.4 is 0 Å². The average Bonchev–Trinajstić information content (AvgIpc) is 2.72. The number of thioether (sulfide) groups is 1. The lowest BCUT2D eigenvalue weighted by Crippen LogP contribution is -2.48. The zero-order chi connectivity index (χ0) is 13.1. The monoisotopic (exact) mass is 268 g/mol. The number of likely N-dealkylation sites (tertiary alicyclic amines) is 1. The highest BCUT2D eigenvalue weighted by atomic mass is 32.2. The van der Waals surface area contributed by atoms with Gasteiger partial charge in [0.1, 0.15) is 6.33 Å². The van der Waals surface area contributed by atoms with E-state index in [1.807, 2.05) is 11.9 Å². The second kappa shape index (κ2) is 5.73. The zero-order valence-corrected chi connectivity index (χ0v) is 12.0. The quantitative estimate of drug-likeness (QED) is 0.783. The van der Waals surface area contributed by atoms with Gasteiger partial charge < -0.3 is 4.90 Å². The van der Waals surface area contributed by atoms with Crippen LogP contribution in [0.15, 0.2) is 11.5 Å². The number of rotatable bonds is 3. The van der Waals surface area contributed by atoms with E-state index >= 15 is 0 Å². The van der Waals surface area contributed by atoms with Crippen LogP contribution in [-0.4, -0.2) is 43.4 Å². The van der Waals surface area contributed by atoms with E-state index in [0.29, 0.717) is 17.8 Å². The van der Waals surface area contributed by atoms with Gasteiger partial charge in [0.15, 0.2) is 5.16 Å². The number of hydrogen-bond acceptors (Lipinski definition) is 4. The molecule has 1 saturated heterocycles. The van der Waals surface area contributed by atoms with Gasteiger partial charge in [-0.25, -0.2) is 9.67 Å². The van der Waals surface area contributed by atoms with Crippen molar-refractivity contribution in [2.24, 2.45) is 7.05 Å². The molecule has 2 rings (SSSR count). The van der Waals surface area contributed by atoms with Crippen molar-refractivity contribution >= 4 is 17.7 Å². The first-order valence-corrected chi connectivity index (χ1v) is 7.36. The van der Waals surface area contributed by atoms with Crippen LogP contribution in [0.5, 0.6) is 0 Å². The van der Waals surface area contributed by atoms with E-state index in [9.17, 15) is 4.79 Å². The number of nitrogens with zero attached hydrogens (tertiary/aromatic N) is 4. The predicted molar refractivity (Wildman–Crippen MR) is 71.3 cm³/mol. The maximum atomic E-state index is 12.3. The van der Waals surface area contributed by atoms with Gasteiger partial charge in [0.05, 0.1) is 5.75 Å². The van der Waals surface area contributed by atoms with Gasteiger partial charge >= 0.3 is 0 Å². The molecular formula is C12H20N4OS. The minimum Gasteiger partial charge on any atom is -0.337 e. The van der Waals surface area contributed by atoms with Crippen molar-refractivity contribution in [1.29, 1.82) is 0 Å².